The molecule has 1 aliphatic heterocycles. The maximum absolute atomic E-state index is 12.7. The fourth-order valence-corrected chi connectivity index (χ4v) is 3.19. The van der Waals surface area contributed by atoms with Crippen LogP contribution in [0.25, 0.3) is 0 Å². The average Bonchev–Trinajstić information content (AvgIpc) is 3.09. The van der Waals surface area contributed by atoms with E-state index < -0.39 is 0 Å². The molecule has 8 heteroatoms. The quantitative estimate of drug-likeness (QED) is 0.895. The molecule has 3 heterocycles. The molecule has 1 N–H and O–H groups in total. The fraction of sp³-hybridized carbons (Fsp3) is 0.500. The smallest absolute Gasteiger partial charge is 0.272 e. The molecule has 1 atom stereocenters. The third-order valence-corrected chi connectivity index (χ3v) is 4.55. The summed E-state index contributed by atoms with van der Waals surface area (Å²) in [6, 6.07) is -0.206. The van der Waals surface area contributed by atoms with Crippen molar-refractivity contribution < 1.29 is 9.53 Å². The Morgan fingerprint density at radius 1 is 1.46 bits per heavy atom. The van der Waals surface area contributed by atoms with Crippen LogP contribution in [0.4, 0.5) is 0 Å². The summed E-state index contributed by atoms with van der Waals surface area (Å²) < 4.78 is 7.49. The van der Waals surface area contributed by atoms with Crippen LogP contribution in [0.15, 0.2) is 24.9 Å². The van der Waals surface area contributed by atoms with Crippen molar-refractivity contribution in [3.05, 3.63) is 41.5 Å². The van der Waals surface area contributed by atoms with E-state index in [1.54, 1.807) is 6.20 Å². The van der Waals surface area contributed by atoms with E-state index in [1.807, 2.05) is 10.8 Å². The summed E-state index contributed by atoms with van der Waals surface area (Å²) in [6.45, 7) is 4.23. The van der Waals surface area contributed by atoms with Gasteiger partial charge in [-0.25, -0.2) is 15.0 Å². The molecule has 1 amide bonds. The van der Waals surface area contributed by atoms with Gasteiger partial charge in [0, 0.05) is 38.3 Å². The monoisotopic (exact) mass is 349 g/mol. The van der Waals surface area contributed by atoms with Gasteiger partial charge in [0.2, 0.25) is 0 Å². The first-order valence-electron chi connectivity index (χ1n) is 8.05. The van der Waals surface area contributed by atoms with Crippen LogP contribution in [-0.4, -0.2) is 38.6 Å². The number of aryl methyl sites for hydroxylation is 1. The van der Waals surface area contributed by atoms with Gasteiger partial charge in [-0.2, -0.15) is 0 Å². The lowest BCUT2D eigenvalue weighted by Crippen LogP contribution is -2.38. The summed E-state index contributed by atoms with van der Waals surface area (Å²) in [4.78, 5) is 24.9. The predicted molar refractivity (Wildman–Crippen MR) is 88.7 cm³/mol. The number of hydrogen-bond acceptors (Lipinski definition) is 5. The van der Waals surface area contributed by atoms with Gasteiger partial charge in [-0.05, 0) is 25.7 Å². The molecule has 1 saturated heterocycles. The van der Waals surface area contributed by atoms with Crippen molar-refractivity contribution in [3.63, 3.8) is 0 Å². The molecule has 0 unspecified atom stereocenters. The van der Waals surface area contributed by atoms with Crippen LogP contribution < -0.4 is 5.32 Å². The molecule has 128 valence electrons. The molecule has 2 aromatic heterocycles. The van der Waals surface area contributed by atoms with Crippen LogP contribution in [0.3, 0.4) is 0 Å². The molecule has 7 nitrogen and oxygen atoms in total. The molecule has 0 bridgehead atoms. The van der Waals surface area contributed by atoms with E-state index in [9.17, 15) is 4.79 Å². The number of rotatable bonds is 5. The second-order valence-corrected chi connectivity index (χ2v) is 6.10. The molecule has 1 aliphatic rings. The minimum absolute atomic E-state index is 0.179. The van der Waals surface area contributed by atoms with Gasteiger partial charge in [0.05, 0.1) is 11.1 Å². The van der Waals surface area contributed by atoms with Crippen molar-refractivity contribution in [2.75, 3.05) is 13.2 Å². The average molecular weight is 350 g/mol. The Balaban J connectivity index is 1.87. The molecule has 3 rings (SSSR count). The fourth-order valence-electron chi connectivity index (χ4n) is 3.00. The van der Waals surface area contributed by atoms with Crippen LogP contribution in [0.2, 0.25) is 5.02 Å². The summed E-state index contributed by atoms with van der Waals surface area (Å²) in [7, 11) is 0. The van der Waals surface area contributed by atoms with Crippen molar-refractivity contribution >= 4 is 17.5 Å². The zero-order chi connectivity index (χ0) is 16.9. The number of imidazole rings is 1. The van der Waals surface area contributed by atoms with E-state index in [0.717, 1.165) is 25.2 Å². The molecule has 0 aliphatic carbocycles. The molecule has 0 saturated carbocycles. The van der Waals surface area contributed by atoms with Gasteiger partial charge in [-0.1, -0.05) is 11.6 Å². The zero-order valence-corrected chi connectivity index (χ0v) is 14.2. The van der Waals surface area contributed by atoms with Gasteiger partial charge in [0.1, 0.15) is 17.8 Å². The number of halogens is 1. The van der Waals surface area contributed by atoms with Crippen molar-refractivity contribution in [2.24, 2.45) is 5.92 Å². The first-order valence-corrected chi connectivity index (χ1v) is 8.43. The van der Waals surface area contributed by atoms with E-state index in [4.69, 9.17) is 16.3 Å². The van der Waals surface area contributed by atoms with Crippen LogP contribution in [0.5, 0.6) is 0 Å². The molecule has 0 radical (unpaired) electrons. The van der Waals surface area contributed by atoms with Gasteiger partial charge in [0.25, 0.3) is 5.91 Å². The number of ether oxygens (including phenoxy) is 1. The standard InChI is InChI=1S/C16H20ClN5O2/c1-2-22-6-5-19-15(22)13(11-3-7-24-8-4-11)21-16(23)14-12(17)9-18-10-20-14/h5-6,9-11,13H,2-4,7-8H2,1H3,(H,21,23)/t13-/m1/s1. The Morgan fingerprint density at radius 3 is 2.96 bits per heavy atom. The Kier molecular flexibility index (Phi) is 5.42. The summed E-state index contributed by atoms with van der Waals surface area (Å²) in [6.07, 6.45) is 8.16. The second-order valence-electron chi connectivity index (χ2n) is 5.69. The zero-order valence-electron chi connectivity index (χ0n) is 13.5. The number of hydrogen-bond donors (Lipinski definition) is 1. The van der Waals surface area contributed by atoms with E-state index >= 15 is 0 Å². The van der Waals surface area contributed by atoms with Crippen LogP contribution in [0, 0.1) is 5.92 Å². The highest BCUT2D eigenvalue weighted by Crippen LogP contribution is 2.30. The van der Waals surface area contributed by atoms with Crippen molar-refractivity contribution in [3.8, 4) is 0 Å². The summed E-state index contributed by atoms with van der Waals surface area (Å²) in [5.74, 6) is 0.795. The van der Waals surface area contributed by atoms with Gasteiger partial charge >= 0.3 is 0 Å². The first kappa shape index (κ1) is 16.9. The van der Waals surface area contributed by atoms with Crippen molar-refractivity contribution in [2.45, 2.75) is 32.4 Å². The number of carbonyl (C=O) groups excluding carboxylic acids is 1. The van der Waals surface area contributed by atoms with E-state index in [-0.39, 0.29) is 28.6 Å². The minimum atomic E-state index is -0.315. The van der Waals surface area contributed by atoms with Crippen molar-refractivity contribution in [1.29, 1.82) is 0 Å². The maximum Gasteiger partial charge on any atom is 0.272 e. The topological polar surface area (TPSA) is 81.9 Å². The lowest BCUT2D eigenvalue weighted by atomic mass is 9.91. The Labute approximate surface area is 145 Å². The molecule has 2 aromatic rings. The highest BCUT2D eigenvalue weighted by atomic mass is 35.5. The largest absolute Gasteiger partial charge is 0.381 e. The normalized spacial score (nSPS) is 16.8. The van der Waals surface area contributed by atoms with Crippen LogP contribution >= 0.6 is 11.6 Å². The Morgan fingerprint density at radius 2 is 2.25 bits per heavy atom. The number of nitrogens with zero attached hydrogens (tertiary/aromatic N) is 4. The van der Waals surface area contributed by atoms with Gasteiger partial charge in [0.15, 0.2) is 0 Å². The molecule has 0 spiro atoms. The number of nitrogens with one attached hydrogen (secondary N) is 1. The molecular formula is C16H20ClN5O2. The highest BCUT2D eigenvalue weighted by molar-refractivity contribution is 6.33. The number of amides is 1. The third-order valence-electron chi connectivity index (χ3n) is 4.27. The lowest BCUT2D eigenvalue weighted by molar-refractivity contribution is 0.0497. The van der Waals surface area contributed by atoms with Crippen LogP contribution in [0.1, 0.15) is 42.1 Å². The summed E-state index contributed by atoms with van der Waals surface area (Å²) >= 11 is 6.05. The van der Waals surface area contributed by atoms with E-state index in [0.29, 0.717) is 13.2 Å². The van der Waals surface area contributed by atoms with E-state index in [2.05, 4.69) is 27.2 Å². The Hall–Kier alpha value is -1.99. The van der Waals surface area contributed by atoms with E-state index in [1.165, 1.54) is 12.5 Å². The van der Waals surface area contributed by atoms with Crippen molar-refractivity contribution in [1.82, 2.24) is 24.8 Å². The highest BCUT2D eigenvalue weighted by Gasteiger charge is 2.30. The third kappa shape index (κ3) is 3.57. The minimum Gasteiger partial charge on any atom is -0.381 e. The number of carbonyl (C=O) groups is 1. The summed E-state index contributed by atoms with van der Waals surface area (Å²) in [5, 5.41) is 3.30. The predicted octanol–water partition coefficient (Wildman–Crippen LogP) is 2.24. The number of aromatic nitrogens is 4. The second kappa shape index (κ2) is 7.72. The molecule has 0 aromatic carbocycles. The van der Waals surface area contributed by atoms with Gasteiger partial charge in [-0.15, -0.1) is 0 Å². The van der Waals surface area contributed by atoms with Gasteiger partial charge in [-0.3, -0.25) is 4.79 Å². The lowest BCUT2D eigenvalue weighted by Gasteiger charge is -2.30. The van der Waals surface area contributed by atoms with Gasteiger partial charge < -0.3 is 14.6 Å². The maximum atomic E-state index is 12.7. The Bertz CT molecular complexity index is 699. The first-order chi connectivity index (χ1) is 11.7. The SMILES string of the molecule is CCn1ccnc1[C@H](NC(=O)c1ncncc1Cl)C1CCOCC1. The molecular weight excluding hydrogens is 330 g/mol. The summed E-state index contributed by atoms with van der Waals surface area (Å²) in [5.41, 5.74) is 0.179. The van der Waals surface area contributed by atoms with Crippen LogP contribution in [-0.2, 0) is 11.3 Å². The molecule has 24 heavy (non-hydrogen) atoms. The molecule has 1 fully saturated rings.